The predicted molar refractivity (Wildman–Crippen MR) is 118 cm³/mol. The van der Waals surface area contributed by atoms with Gasteiger partial charge >= 0.3 is 0 Å². The van der Waals surface area contributed by atoms with Crippen molar-refractivity contribution in [3.05, 3.63) is 47.6 Å². The van der Waals surface area contributed by atoms with Gasteiger partial charge in [-0.15, -0.1) is 11.3 Å². The number of rotatable bonds is 7. The van der Waals surface area contributed by atoms with Crippen LogP contribution >= 0.6 is 11.3 Å². The van der Waals surface area contributed by atoms with Gasteiger partial charge < -0.3 is 9.88 Å². The maximum atomic E-state index is 12.9. The summed E-state index contributed by atoms with van der Waals surface area (Å²) in [5, 5.41) is 2.99. The van der Waals surface area contributed by atoms with Crippen molar-refractivity contribution in [2.45, 2.75) is 36.9 Å². The van der Waals surface area contributed by atoms with Crippen molar-refractivity contribution < 1.29 is 13.2 Å². The van der Waals surface area contributed by atoms with Gasteiger partial charge in [0.2, 0.25) is 5.91 Å². The van der Waals surface area contributed by atoms with Crippen molar-refractivity contribution in [1.82, 2.24) is 19.2 Å². The van der Waals surface area contributed by atoms with E-state index in [0.717, 1.165) is 28.9 Å². The number of aromatic nitrogens is 2. The van der Waals surface area contributed by atoms with Gasteiger partial charge in [-0.2, -0.15) is 4.31 Å². The molecule has 1 aliphatic heterocycles. The topological polar surface area (TPSA) is 84.3 Å². The summed E-state index contributed by atoms with van der Waals surface area (Å²) in [7, 11) is -3.52. The molecule has 1 fully saturated rings. The molecule has 0 radical (unpaired) electrons. The monoisotopic (exact) mass is 446 g/mol. The molecule has 0 bridgehead atoms. The zero-order chi connectivity index (χ0) is 21.1. The maximum absolute atomic E-state index is 12.9. The molecule has 4 rings (SSSR count). The summed E-state index contributed by atoms with van der Waals surface area (Å²) >= 11 is 1.28. The van der Waals surface area contributed by atoms with Crippen molar-refractivity contribution in [3.63, 3.8) is 0 Å². The third-order valence-electron chi connectivity index (χ3n) is 5.47. The second-order valence-corrected chi connectivity index (χ2v) is 11.1. The van der Waals surface area contributed by atoms with Crippen molar-refractivity contribution in [1.29, 1.82) is 0 Å². The van der Waals surface area contributed by atoms with Gasteiger partial charge in [0.05, 0.1) is 23.3 Å². The molecule has 1 aliphatic rings. The molecule has 1 atom stereocenters. The van der Waals surface area contributed by atoms with Crippen molar-refractivity contribution in [2.75, 3.05) is 19.6 Å². The first-order chi connectivity index (χ1) is 14.4. The van der Waals surface area contributed by atoms with Gasteiger partial charge in [0.15, 0.2) is 0 Å². The standard InChI is InChI=1S/C21H26N4O3S2/c1-16-9-10-20(29-16)30(27,28)25-13-4-6-17(14-25)21(26)22-11-5-12-24-15-23-18-7-2-3-8-19(18)24/h2-3,7-10,15,17H,4-6,11-14H2,1H3,(H,22,26)/t17-/m0/s1. The van der Waals surface area contributed by atoms with E-state index in [1.807, 2.05) is 43.6 Å². The number of nitrogens with one attached hydrogen (secondary N) is 1. The van der Waals surface area contributed by atoms with Gasteiger partial charge in [0, 0.05) is 31.1 Å². The normalized spacial score (nSPS) is 18.0. The summed E-state index contributed by atoms with van der Waals surface area (Å²) in [5.74, 6) is -0.364. The van der Waals surface area contributed by atoms with Crippen LogP contribution in [0.5, 0.6) is 0 Å². The molecule has 1 amide bonds. The second kappa shape index (κ2) is 8.87. The van der Waals surface area contributed by atoms with Gasteiger partial charge in [-0.25, -0.2) is 13.4 Å². The molecule has 1 aromatic carbocycles. The summed E-state index contributed by atoms with van der Waals surface area (Å²) in [6, 6.07) is 11.4. The fraction of sp³-hybridized carbons (Fsp3) is 0.429. The average Bonchev–Trinajstić information content (AvgIpc) is 3.38. The predicted octanol–water partition coefficient (Wildman–Crippen LogP) is 3.01. The molecule has 0 aliphatic carbocycles. The highest BCUT2D eigenvalue weighted by Gasteiger charge is 2.33. The number of benzene rings is 1. The fourth-order valence-corrected chi connectivity index (χ4v) is 6.81. The summed E-state index contributed by atoms with van der Waals surface area (Å²) < 4.78 is 29.6. The Morgan fingerprint density at radius 2 is 2.10 bits per heavy atom. The molecule has 160 valence electrons. The molecule has 2 aromatic heterocycles. The number of nitrogens with zero attached hydrogens (tertiary/aromatic N) is 3. The van der Waals surface area contributed by atoms with E-state index in [4.69, 9.17) is 0 Å². The molecule has 0 spiro atoms. The molecule has 7 nitrogen and oxygen atoms in total. The average molecular weight is 447 g/mol. The summed E-state index contributed by atoms with van der Waals surface area (Å²) in [4.78, 5) is 18.0. The Bertz CT molecular complexity index is 1140. The van der Waals surface area contributed by atoms with E-state index in [9.17, 15) is 13.2 Å². The highest BCUT2D eigenvalue weighted by atomic mass is 32.2. The van der Waals surface area contributed by atoms with Crippen molar-refractivity contribution in [2.24, 2.45) is 5.92 Å². The minimum Gasteiger partial charge on any atom is -0.356 e. The highest BCUT2D eigenvalue weighted by molar-refractivity contribution is 7.91. The smallest absolute Gasteiger partial charge is 0.252 e. The van der Waals surface area contributed by atoms with E-state index < -0.39 is 10.0 Å². The van der Waals surface area contributed by atoms with Crippen LogP contribution in [0.15, 0.2) is 46.9 Å². The lowest BCUT2D eigenvalue weighted by Crippen LogP contribution is -2.45. The molecule has 1 saturated heterocycles. The van der Waals surface area contributed by atoms with Crippen LogP contribution in [0.4, 0.5) is 0 Å². The van der Waals surface area contributed by atoms with Gasteiger partial charge in [0.1, 0.15) is 4.21 Å². The number of hydrogen-bond acceptors (Lipinski definition) is 5. The van der Waals surface area contributed by atoms with Crippen molar-refractivity contribution in [3.8, 4) is 0 Å². The van der Waals surface area contributed by atoms with Crippen LogP contribution in [-0.2, 0) is 21.4 Å². The first-order valence-electron chi connectivity index (χ1n) is 10.2. The van der Waals surface area contributed by atoms with Crippen LogP contribution in [0.25, 0.3) is 11.0 Å². The van der Waals surface area contributed by atoms with E-state index in [2.05, 4.69) is 14.9 Å². The lowest BCUT2D eigenvalue weighted by molar-refractivity contribution is -0.126. The Hall–Kier alpha value is -2.23. The number of imidazole rings is 1. The van der Waals surface area contributed by atoms with Crippen LogP contribution in [0.1, 0.15) is 24.1 Å². The Kier molecular flexibility index (Phi) is 6.21. The number of carbonyl (C=O) groups is 1. The summed E-state index contributed by atoms with van der Waals surface area (Å²) in [6.07, 6.45) is 4.02. The Labute approximate surface area is 180 Å². The number of fused-ring (bicyclic) bond motifs is 1. The van der Waals surface area contributed by atoms with Crippen LogP contribution in [0.2, 0.25) is 0 Å². The molecule has 0 saturated carbocycles. The first-order valence-corrected chi connectivity index (χ1v) is 12.4. The zero-order valence-electron chi connectivity index (χ0n) is 17.0. The number of piperidine rings is 1. The van der Waals surface area contributed by atoms with E-state index in [0.29, 0.717) is 30.1 Å². The van der Waals surface area contributed by atoms with Crippen LogP contribution < -0.4 is 5.32 Å². The Morgan fingerprint density at radius 1 is 1.27 bits per heavy atom. The number of amides is 1. The quantitative estimate of drug-likeness (QED) is 0.566. The van der Waals surface area contributed by atoms with E-state index >= 15 is 0 Å². The molecule has 9 heteroatoms. The third-order valence-corrected chi connectivity index (χ3v) is 8.80. The maximum Gasteiger partial charge on any atom is 0.252 e. The number of para-hydroxylation sites is 2. The number of aryl methyl sites for hydroxylation is 2. The lowest BCUT2D eigenvalue weighted by atomic mass is 9.99. The van der Waals surface area contributed by atoms with E-state index in [1.54, 1.807) is 6.07 Å². The Morgan fingerprint density at radius 3 is 2.90 bits per heavy atom. The molecule has 0 unspecified atom stereocenters. The third kappa shape index (κ3) is 4.43. The molecule has 1 N–H and O–H groups in total. The van der Waals surface area contributed by atoms with Crippen molar-refractivity contribution >= 4 is 38.3 Å². The van der Waals surface area contributed by atoms with Gasteiger partial charge in [-0.3, -0.25) is 4.79 Å². The minimum atomic E-state index is -3.52. The Balaban J connectivity index is 1.29. The van der Waals surface area contributed by atoms with Crippen LogP contribution in [0.3, 0.4) is 0 Å². The number of sulfonamides is 1. The molecular weight excluding hydrogens is 420 g/mol. The van der Waals surface area contributed by atoms with Crippen LogP contribution in [-0.4, -0.2) is 47.8 Å². The van der Waals surface area contributed by atoms with E-state index in [-0.39, 0.29) is 18.4 Å². The second-order valence-electron chi connectivity index (χ2n) is 7.64. The SMILES string of the molecule is Cc1ccc(S(=O)(=O)N2CCC[C@H](C(=O)NCCCn3cnc4ccccc43)C2)s1. The number of carbonyl (C=O) groups excluding carboxylic acids is 1. The summed E-state index contributed by atoms with van der Waals surface area (Å²) in [6.45, 7) is 3.93. The minimum absolute atomic E-state index is 0.0623. The van der Waals surface area contributed by atoms with Gasteiger partial charge in [-0.05, 0) is 50.5 Å². The largest absolute Gasteiger partial charge is 0.356 e. The van der Waals surface area contributed by atoms with Crippen LogP contribution in [0, 0.1) is 12.8 Å². The fourth-order valence-electron chi connectivity index (χ4n) is 3.85. The molecule has 30 heavy (non-hydrogen) atoms. The lowest BCUT2D eigenvalue weighted by Gasteiger charge is -2.30. The highest BCUT2D eigenvalue weighted by Crippen LogP contribution is 2.28. The molecular formula is C21H26N4O3S2. The van der Waals surface area contributed by atoms with E-state index in [1.165, 1.54) is 15.6 Å². The molecule has 3 aromatic rings. The summed E-state index contributed by atoms with van der Waals surface area (Å²) in [5.41, 5.74) is 2.05. The van der Waals surface area contributed by atoms with Gasteiger partial charge in [0.25, 0.3) is 10.0 Å². The number of hydrogen-bond donors (Lipinski definition) is 1. The zero-order valence-corrected chi connectivity index (χ0v) is 18.6. The number of thiophene rings is 1. The molecule has 3 heterocycles. The van der Waals surface area contributed by atoms with Gasteiger partial charge in [-0.1, -0.05) is 12.1 Å². The first kappa shape index (κ1) is 21.0.